The summed E-state index contributed by atoms with van der Waals surface area (Å²) in [6.45, 7) is 8.16. The Morgan fingerprint density at radius 1 is 1.25 bits per heavy atom. The molecule has 0 spiro atoms. The molecule has 2 rings (SSSR count). The molecule has 1 aromatic heterocycles. The van der Waals surface area contributed by atoms with Gasteiger partial charge in [0.2, 0.25) is 0 Å². The van der Waals surface area contributed by atoms with Crippen LogP contribution in [-0.4, -0.2) is 28.1 Å². The second-order valence-electron chi connectivity index (χ2n) is 5.10. The van der Waals surface area contributed by atoms with Crippen LogP contribution in [-0.2, 0) is 16.4 Å². The Bertz CT molecular complexity index is 401. The molecule has 88 valence electrons. The summed E-state index contributed by atoms with van der Waals surface area (Å²) in [7, 11) is 1.53. The van der Waals surface area contributed by atoms with Crippen molar-refractivity contribution in [1.29, 1.82) is 0 Å². The van der Waals surface area contributed by atoms with Gasteiger partial charge < -0.3 is 9.31 Å². The molecule has 0 atom stereocenters. The summed E-state index contributed by atoms with van der Waals surface area (Å²) in [5.74, 6) is 0. The number of rotatable bonds is 1. The van der Waals surface area contributed by atoms with Crippen LogP contribution in [0.4, 0.5) is 0 Å². The molecule has 0 amide bonds. The highest BCUT2D eigenvalue weighted by molar-refractivity contribution is 9.10. The Morgan fingerprint density at radius 2 is 1.75 bits per heavy atom. The molecule has 1 saturated heterocycles. The largest absolute Gasteiger partial charge is 0.514 e. The molecule has 0 bridgehead atoms. The van der Waals surface area contributed by atoms with Gasteiger partial charge in [-0.2, -0.15) is 5.10 Å². The molecule has 1 aliphatic heterocycles. The van der Waals surface area contributed by atoms with Crippen LogP contribution in [0.3, 0.4) is 0 Å². The van der Waals surface area contributed by atoms with Crippen LogP contribution in [0.2, 0.25) is 0 Å². The van der Waals surface area contributed by atoms with Crippen LogP contribution in [0.25, 0.3) is 0 Å². The lowest BCUT2D eigenvalue weighted by atomic mass is 9.85. The fourth-order valence-electron chi connectivity index (χ4n) is 1.63. The number of nitrogens with zero attached hydrogens (tertiary/aromatic N) is 2. The number of aryl methyl sites for hydroxylation is 1. The van der Waals surface area contributed by atoms with Crippen LogP contribution in [0.5, 0.6) is 0 Å². The van der Waals surface area contributed by atoms with E-state index >= 15 is 0 Å². The molecule has 1 fully saturated rings. The maximum absolute atomic E-state index is 5.94. The van der Waals surface area contributed by atoms with Crippen LogP contribution < -0.4 is 5.59 Å². The predicted octanol–water partition coefficient (Wildman–Crippen LogP) is 1.48. The lowest BCUT2D eigenvalue weighted by molar-refractivity contribution is 0.00578. The standard InChI is InChI=1S/C10H16BBrN2O2/c1-9(2)10(3,4)16-11(15-9)7-6-8(12)13-14(7)5/h6H,1-5H3. The predicted molar refractivity (Wildman–Crippen MR) is 66.6 cm³/mol. The molecule has 1 aliphatic rings. The van der Waals surface area contributed by atoms with Crippen LogP contribution in [0.15, 0.2) is 10.7 Å². The topological polar surface area (TPSA) is 36.3 Å². The first-order chi connectivity index (χ1) is 7.23. The Hall–Kier alpha value is -0.325. The zero-order chi connectivity index (χ0) is 12.1. The van der Waals surface area contributed by atoms with Gasteiger partial charge in [-0.3, -0.25) is 4.68 Å². The summed E-state index contributed by atoms with van der Waals surface area (Å²) in [6.07, 6.45) is 0. The van der Waals surface area contributed by atoms with Crippen molar-refractivity contribution < 1.29 is 9.31 Å². The van der Waals surface area contributed by atoms with Gasteiger partial charge in [-0.15, -0.1) is 0 Å². The van der Waals surface area contributed by atoms with E-state index in [1.807, 2.05) is 40.8 Å². The van der Waals surface area contributed by atoms with E-state index in [1.54, 1.807) is 4.68 Å². The maximum Gasteiger partial charge on any atom is 0.514 e. The minimum Gasteiger partial charge on any atom is -0.398 e. The van der Waals surface area contributed by atoms with E-state index in [0.29, 0.717) is 0 Å². The lowest BCUT2D eigenvalue weighted by Gasteiger charge is -2.32. The molecule has 2 heterocycles. The van der Waals surface area contributed by atoms with Crippen molar-refractivity contribution in [2.75, 3.05) is 0 Å². The molecular weight excluding hydrogens is 271 g/mol. The van der Waals surface area contributed by atoms with E-state index in [2.05, 4.69) is 21.0 Å². The van der Waals surface area contributed by atoms with E-state index < -0.39 is 0 Å². The van der Waals surface area contributed by atoms with Crippen molar-refractivity contribution >= 4 is 28.6 Å². The maximum atomic E-state index is 5.94. The fraction of sp³-hybridized carbons (Fsp3) is 0.700. The van der Waals surface area contributed by atoms with Crippen LogP contribution in [0, 0.1) is 0 Å². The normalized spacial score (nSPS) is 22.8. The van der Waals surface area contributed by atoms with Gasteiger partial charge in [-0.05, 0) is 49.7 Å². The average Bonchev–Trinajstić information content (AvgIpc) is 2.51. The highest BCUT2D eigenvalue weighted by atomic mass is 79.9. The first-order valence-corrected chi connectivity index (χ1v) is 6.07. The highest BCUT2D eigenvalue weighted by Gasteiger charge is 2.52. The molecule has 0 aliphatic carbocycles. The summed E-state index contributed by atoms with van der Waals surface area (Å²) in [6, 6.07) is 1.92. The fourth-order valence-corrected chi connectivity index (χ4v) is 2.10. The zero-order valence-corrected chi connectivity index (χ0v) is 11.8. The van der Waals surface area contributed by atoms with E-state index in [-0.39, 0.29) is 18.3 Å². The summed E-state index contributed by atoms with van der Waals surface area (Å²) in [5.41, 5.74) is 0.300. The summed E-state index contributed by atoms with van der Waals surface area (Å²) < 4.78 is 14.4. The molecular formula is C10H16BBrN2O2. The Labute approximate surface area is 105 Å². The van der Waals surface area contributed by atoms with Crippen molar-refractivity contribution in [3.8, 4) is 0 Å². The zero-order valence-electron chi connectivity index (χ0n) is 10.2. The van der Waals surface area contributed by atoms with Gasteiger partial charge in [-0.1, -0.05) is 0 Å². The van der Waals surface area contributed by atoms with Crippen molar-refractivity contribution in [3.63, 3.8) is 0 Å². The molecule has 4 nitrogen and oxygen atoms in total. The molecule has 1 aromatic rings. The van der Waals surface area contributed by atoms with Gasteiger partial charge in [0.25, 0.3) is 0 Å². The second-order valence-corrected chi connectivity index (χ2v) is 5.92. The van der Waals surface area contributed by atoms with E-state index in [0.717, 1.165) is 10.2 Å². The van der Waals surface area contributed by atoms with E-state index in [9.17, 15) is 0 Å². The first kappa shape index (κ1) is 12.1. The molecule has 16 heavy (non-hydrogen) atoms. The van der Waals surface area contributed by atoms with Gasteiger partial charge in [0, 0.05) is 7.05 Å². The monoisotopic (exact) mass is 286 g/mol. The number of hydrogen-bond acceptors (Lipinski definition) is 3. The van der Waals surface area contributed by atoms with Gasteiger partial charge in [0.15, 0.2) is 0 Å². The summed E-state index contributed by atoms with van der Waals surface area (Å²) in [4.78, 5) is 0. The molecule has 6 heteroatoms. The van der Waals surface area contributed by atoms with E-state index in [1.165, 1.54) is 0 Å². The summed E-state index contributed by atoms with van der Waals surface area (Å²) in [5, 5.41) is 4.22. The van der Waals surface area contributed by atoms with Gasteiger partial charge in [0.05, 0.1) is 16.8 Å². The Kier molecular flexibility index (Phi) is 2.72. The van der Waals surface area contributed by atoms with Crippen molar-refractivity contribution in [2.24, 2.45) is 7.05 Å². The minimum atomic E-state index is -0.353. The van der Waals surface area contributed by atoms with Crippen molar-refractivity contribution in [1.82, 2.24) is 9.78 Å². The average molecular weight is 287 g/mol. The SMILES string of the molecule is Cn1nc(Br)cc1B1OC(C)(C)C(C)(C)O1. The first-order valence-electron chi connectivity index (χ1n) is 5.28. The highest BCUT2D eigenvalue weighted by Crippen LogP contribution is 2.36. The quantitative estimate of drug-likeness (QED) is 0.734. The number of halogens is 1. The molecule has 0 saturated carbocycles. The molecule has 0 radical (unpaired) electrons. The van der Waals surface area contributed by atoms with Crippen LogP contribution >= 0.6 is 15.9 Å². The van der Waals surface area contributed by atoms with Crippen molar-refractivity contribution in [2.45, 2.75) is 38.9 Å². The third-order valence-electron chi connectivity index (χ3n) is 3.38. The van der Waals surface area contributed by atoms with E-state index in [4.69, 9.17) is 9.31 Å². The number of aromatic nitrogens is 2. The molecule has 0 aromatic carbocycles. The lowest BCUT2D eigenvalue weighted by Crippen LogP contribution is -2.41. The Morgan fingerprint density at radius 3 is 2.12 bits per heavy atom. The van der Waals surface area contributed by atoms with Crippen molar-refractivity contribution in [3.05, 3.63) is 10.7 Å². The van der Waals surface area contributed by atoms with Gasteiger partial charge in [-0.25, -0.2) is 0 Å². The van der Waals surface area contributed by atoms with Crippen LogP contribution in [0.1, 0.15) is 27.7 Å². The summed E-state index contributed by atoms with van der Waals surface area (Å²) >= 11 is 3.34. The number of hydrogen-bond donors (Lipinski definition) is 0. The third-order valence-corrected chi connectivity index (χ3v) is 3.77. The molecule has 0 N–H and O–H groups in total. The Balaban J connectivity index is 2.30. The minimum absolute atomic E-state index is 0.311. The third kappa shape index (κ3) is 1.83. The smallest absolute Gasteiger partial charge is 0.398 e. The molecule has 0 unspecified atom stereocenters. The second kappa shape index (κ2) is 3.58. The van der Waals surface area contributed by atoms with Gasteiger partial charge >= 0.3 is 7.12 Å². The van der Waals surface area contributed by atoms with Gasteiger partial charge in [0.1, 0.15) is 4.60 Å².